The van der Waals surface area contributed by atoms with Crippen molar-refractivity contribution in [2.75, 3.05) is 58.6 Å². The molecule has 0 saturated carbocycles. The van der Waals surface area contributed by atoms with E-state index in [0.29, 0.717) is 50.9 Å². The van der Waals surface area contributed by atoms with E-state index in [1.54, 1.807) is 4.31 Å². The molecule has 4 rings (SSSR count). The molecule has 0 N–H and O–H groups in total. The summed E-state index contributed by atoms with van der Waals surface area (Å²) in [5.74, 6) is -0.0603. The molecule has 3 fully saturated rings. The molecule has 210 valence electrons. The Morgan fingerprint density at radius 1 is 0.919 bits per heavy atom. The van der Waals surface area contributed by atoms with Crippen LogP contribution in [-0.2, 0) is 26.2 Å². The molecule has 3 aliphatic heterocycles. The fourth-order valence-corrected chi connectivity index (χ4v) is 9.00. The maximum atomic E-state index is 13.1. The van der Waals surface area contributed by atoms with Crippen LogP contribution in [0.15, 0.2) is 29.2 Å². The zero-order valence-corrected chi connectivity index (χ0v) is 22.9. The number of hydrogen-bond donors (Lipinski definition) is 0. The molecule has 0 unspecified atom stereocenters. The van der Waals surface area contributed by atoms with Crippen LogP contribution < -0.4 is 0 Å². The maximum absolute atomic E-state index is 13.1. The SMILES string of the molecule is CN1CCC(N2CCN(S(=O)(=O)CCC[C@H]3CCCN3S(=O)(=O)c3cccc(C(F)(F)F)c3)CC2)CC1. The Morgan fingerprint density at radius 2 is 1.59 bits per heavy atom. The number of piperidine rings is 1. The minimum atomic E-state index is -4.64. The number of halogens is 3. The van der Waals surface area contributed by atoms with Crippen LogP contribution in [0.3, 0.4) is 0 Å². The first-order chi connectivity index (χ1) is 17.4. The summed E-state index contributed by atoms with van der Waals surface area (Å²) in [7, 11) is -5.45. The van der Waals surface area contributed by atoms with E-state index in [1.165, 1.54) is 10.4 Å². The lowest BCUT2D eigenvalue weighted by molar-refractivity contribution is -0.137. The number of nitrogens with zero attached hydrogens (tertiary/aromatic N) is 4. The highest BCUT2D eigenvalue weighted by atomic mass is 32.2. The lowest BCUT2D eigenvalue weighted by atomic mass is 10.0. The molecule has 3 aliphatic rings. The van der Waals surface area contributed by atoms with Gasteiger partial charge in [-0.15, -0.1) is 0 Å². The summed E-state index contributed by atoms with van der Waals surface area (Å²) in [6.07, 6.45) is -0.621. The number of benzene rings is 1. The zero-order chi connectivity index (χ0) is 26.8. The highest BCUT2D eigenvalue weighted by Gasteiger charge is 2.38. The molecule has 1 atom stereocenters. The van der Waals surface area contributed by atoms with E-state index in [0.717, 1.165) is 51.2 Å². The van der Waals surface area contributed by atoms with Crippen LogP contribution in [0.25, 0.3) is 0 Å². The van der Waals surface area contributed by atoms with Crippen molar-refractivity contribution in [3.8, 4) is 0 Å². The zero-order valence-electron chi connectivity index (χ0n) is 21.2. The second-order valence-electron chi connectivity index (χ2n) is 10.4. The Labute approximate surface area is 218 Å². The van der Waals surface area contributed by atoms with Crippen LogP contribution in [0.5, 0.6) is 0 Å². The third-order valence-corrected chi connectivity index (χ3v) is 11.8. The first kappa shape index (κ1) is 28.8. The van der Waals surface area contributed by atoms with Gasteiger partial charge in [0.05, 0.1) is 16.2 Å². The molecule has 0 radical (unpaired) electrons. The summed E-state index contributed by atoms with van der Waals surface area (Å²) in [5, 5.41) is 0. The molecule has 8 nitrogen and oxygen atoms in total. The van der Waals surface area contributed by atoms with Crippen molar-refractivity contribution in [1.29, 1.82) is 0 Å². The Kier molecular flexibility index (Phi) is 8.91. The summed E-state index contributed by atoms with van der Waals surface area (Å²) in [4.78, 5) is 4.33. The van der Waals surface area contributed by atoms with E-state index in [1.807, 2.05) is 0 Å². The number of alkyl halides is 3. The number of sulfonamides is 2. The average molecular weight is 567 g/mol. The number of piperazine rings is 1. The van der Waals surface area contributed by atoms with Gasteiger partial charge >= 0.3 is 6.18 Å². The molecular weight excluding hydrogens is 529 g/mol. The predicted molar refractivity (Wildman–Crippen MR) is 135 cm³/mol. The topological polar surface area (TPSA) is 81.2 Å². The molecule has 0 bridgehead atoms. The van der Waals surface area contributed by atoms with E-state index in [4.69, 9.17) is 0 Å². The van der Waals surface area contributed by atoms with Gasteiger partial charge in [0.1, 0.15) is 0 Å². The molecule has 3 heterocycles. The molecule has 0 amide bonds. The van der Waals surface area contributed by atoms with Gasteiger partial charge in [-0.25, -0.2) is 16.8 Å². The predicted octanol–water partition coefficient (Wildman–Crippen LogP) is 2.68. The van der Waals surface area contributed by atoms with Crippen LogP contribution in [0.2, 0.25) is 0 Å². The minimum Gasteiger partial charge on any atom is -0.306 e. The minimum absolute atomic E-state index is 0.0603. The van der Waals surface area contributed by atoms with Crippen LogP contribution in [0, 0.1) is 0 Å². The Hall–Kier alpha value is -1.25. The first-order valence-corrected chi connectivity index (χ1v) is 16.0. The van der Waals surface area contributed by atoms with Crippen molar-refractivity contribution in [1.82, 2.24) is 18.4 Å². The van der Waals surface area contributed by atoms with Gasteiger partial charge in [0, 0.05) is 44.8 Å². The molecule has 3 saturated heterocycles. The van der Waals surface area contributed by atoms with Crippen LogP contribution in [0.4, 0.5) is 13.2 Å². The molecule has 1 aromatic rings. The molecule has 0 aromatic heterocycles. The average Bonchev–Trinajstić information content (AvgIpc) is 3.34. The first-order valence-electron chi connectivity index (χ1n) is 13.0. The quantitative estimate of drug-likeness (QED) is 0.482. The van der Waals surface area contributed by atoms with Crippen LogP contribution >= 0.6 is 0 Å². The summed E-state index contributed by atoms with van der Waals surface area (Å²) in [5.41, 5.74) is -1.01. The third-order valence-electron chi connectivity index (χ3n) is 7.90. The van der Waals surface area contributed by atoms with Gasteiger partial charge in [0.15, 0.2) is 0 Å². The van der Waals surface area contributed by atoms with E-state index in [-0.39, 0.29) is 17.2 Å². The van der Waals surface area contributed by atoms with Crippen molar-refractivity contribution >= 4 is 20.0 Å². The van der Waals surface area contributed by atoms with Gasteiger partial charge in [-0.2, -0.15) is 21.8 Å². The summed E-state index contributed by atoms with van der Waals surface area (Å²) >= 11 is 0. The molecule has 37 heavy (non-hydrogen) atoms. The highest BCUT2D eigenvalue weighted by Crippen LogP contribution is 2.33. The van der Waals surface area contributed by atoms with Crippen molar-refractivity contribution in [3.05, 3.63) is 29.8 Å². The van der Waals surface area contributed by atoms with Crippen molar-refractivity contribution in [3.63, 3.8) is 0 Å². The van der Waals surface area contributed by atoms with Gasteiger partial charge in [-0.1, -0.05) is 6.07 Å². The van der Waals surface area contributed by atoms with Gasteiger partial charge in [-0.3, -0.25) is 4.90 Å². The van der Waals surface area contributed by atoms with E-state index in [2.05, 4.69) is 16.8 Å². The van der Waals surface area contributed by atoms with Crippen LogP contribution in [0.1, 0.15) is 44.1 Å². The number of hydrogen-bond acceptors (Lipinski definition) is 6. The fraction of sp³-hybridized carbons (Fsp3) is 0.750. The molecule has 0 spiro atoms. The molecule has 13 heteroatoms. The normalized spacial score (nSPS) is 24.6. The molecule has 0 aliphatic carbocycles. The standard InChI is InChI=1S/C24H37F3N4O4S2/c1-28-12-9-21(10-13-28)29-14-16-30(17-15-29)36(32,33)18-4-7-22-6-3-11-31(22)37(34,35)23-8-2-5-20(19-23)24(25,26)27/h2,5,8,19,21-22H,3-4,6-7,9-18H2,1H3/t22-/m1/s1. The number of rotatable bonds is 8. The lowest BCUT2D eigenvalue weighted by Gasteiger charge is -2.41. The summed E-state index contributed by atoms with van der Waals surface area (Å²) in [6.45, 7) is 4.71. The lowest BCUT2D eigenvalue weighted by Crippen LogP contribution is -2.54. The van der Waals surface area contributed by atoms with Gasteiger partial charge in [-0.05, 0) is 76.9 Å². The second kappa shape index (κ2) is 11.5. The van der Waals surface area contributed by atoms with Gasteiger partial charge < -0.3 is 4.90 Å². The second-order valence-corrected chi connectivity index (χ2v) is 14.3. The van der Waals surface area contributed by atoms with Gasteiger partial charge in [0.25, 0.3) is 0 Å². The molecular formula is C24H37F3N4O4S2. The largest absolute Gasteiger partial charge is 0.416 e. The Morgan fingerprint density at radius 3 is 2.24 bits per heavy atom. The maximum Gasteiger partial charge on any atom is 0.416 e. The number of likely N-dealkylation sites (tertiary alicyclic amines) is 1. The summed E-state index contributed by atoms with van der Waals surface area (Å²) in [6, 6.07) is 3.87. The van der Waals surface area contributed by atoms with Crippen molar-refractivity contribution in [2.24, 2.45) is 0 Å². The smallest absolute Gasteiger partial charge is 0.306 e. The Bertz CT molecular complexity index is 1130. The fourth-order valence-electron chi connectivity index (χ4n) is 5.72. The van der Waals surface area contributed by atoms with Crippen molar-refractivity contribution < 1.29 is 30.0 Å². The van der Waals surface area contributed by atoms with Crippen LogP contribution in [-0.4, -0.2) is 106 Å². The highest BCUT2D eigenvalue weighted by molar-refractivity contribution is 7.89. The monoisotopic (exact) mass is 566 g/mol. The van der Waals surface area contributed by atoms with E-state index in [9.17, 15) is 30.0 Å². The van der Waals surface area contributed by atoms with E-state index >= 15 is 0 Å². The van der Waals surface area contributed by atoms with E-state index < -0.39 is 37.8 Å². The summed E-state index contributed by atoms with van der Waals surface area (Å²) < 4.78 is 94.3. The molecule has 1 aromatic carbocycles. The van der Waals surface area contributed by atoms with Gasteiger partial charge in [0.2, 0.25) is 20.0 Å². The third kappa shape index (κ3) is 6.85. The van der Waals surface area contributed by atoms with Crippen molar-refractivity contribution in [2.45, 2.75) is 61.7 Å². The Balaban J connectivity index is 1.30.